The van der Waals surface area contributed by atoms with Crippen molar-refractivity contribution in [2.45, 2.75) is 19.8 Å². The van der Waals surface area contributed by atoms with Crippen molar-refractivity contribution in [2.24, 2.45) is 7.05 Å². The fourth-order valence-electron chi connectivity index (χ4n) is 1.50. The Balaban J connectivity index is 1.71. The van der Waals surface area contributed by atoms with Crippen molar-refractivity contribution >= 4 is 17.2 Å². The molecule has 0 aliphatic carbocycles. The van der Waals surface area contributed by atoms with Crippen molar-refractivity contribution in [1.82, 2.24) is 25.3 Å². The van der Waals surface area contributed by atoms with Crippen LogP contribution in [0.2, 0.25) is 0 Å². The van der Waals surface area contributed by atoms with Crippen molar-refractivity contribution in [2.75, 3.05) is 6.54 Å². The van der Waals surface area contributed by atoms with Gasteiger partial charge in [0.15, 0.2) is 5.69 Å². The van der Waals surface area contributed by atoms with Crippen molar-refractivity contribution in [3.05, 3.63) is 28.0 Å². The highest BCUT2D eigenvalue weighted by Gasteiger charge is 2.08. The Kier molecular flexibility index (Phi) is 4.03. The first-order valence-electron chi connectivity index (χ1n) is 5.70. The zero-order valence-electron chi connectivity index (χ0n) is 10.4. The largest absolute Gasteiger partial charge is 0.351 e. The molecule has 2 heterocycles. The molecule has 6 nitrogen and oxygen atoms in total. The summed E-state index contributed by atoms with van der Waals surface area (Å²) >= 11 is 1.66. The number of carbonyl (C=O) groups excluding carboxylic acids is 1. The van der Waals surface area contributed by atoms with Crippen molar-refractivity contribution in [3.8, 4) is 0 Å². The molecule has 0 aromatic carbocycles. The molecule has 2 rings (SSSR count). The van der Waals surface area contributed by atoms with Gasteiger partial charge in [0, 0.05) is 31.1 Å². The summed E-state index contributed by atoms with van der Waals surface area (Å²) in [4.78, 5) is 16.0. The maximum atomic E-state index is 11.6. The summed E-state index contributed by atoms with van der Waals surface area (Å²) in [5.74, 6) is -0.182. The highest BCUT2D eigenvalue weighted by molar-refractivity contribution is 7.09. The fourth-order valence-corrected chi connectivity index (χ4v) is 2.32. The number of hydrogen-bond acceptors (Lipinski definition) is 5. The molecular weight excluding hydrogens is 250 g/mol. The Hall–Kier alpha value is -1.76. The van der Waals surface area contributed by atoms with Gasteiger partial charge in [0.25, 0.3) is 5.91 Å². The number of nitrogens with one attached hydrogen (secondary N) is 1. The highest BCUT2D eigenvalue weighted by Crippen LogP contribution is 2.10. The van der Waals surface area contributed by atoms with Crippen molar-refractivity contribution < 1.29 is 4.79 Å². The molecule has 0 unspecified atom stereocenters. The minimum Gasteiger partial charge on any atom is -0.351 e. The van der Waals surface area contributed by atoms with Gasteiger partial charge >= 0.3 is 0 Å². The quantitative estimate of drug-likeness (QED) is 0.817. The van der Waals surface area contributed by atoms with Gasteiger partial charge in [-0.25, -0.2) is 4.98 Å². The van der Waals surface area contributed by atoms with E-state index in [0.717, 1.165) is 23.5 Å². The van der Waals surface area contributed by atoms with Crippen LogP contribution in [0.25, 0.3) is 0 Å². The third kappa shape index (κ3) is 3.36. The Morgan fingerprint density at radius 2 is 2.39 bits per heavy atom. The molecule has 18 heavy (non-hydrogen) atoms. The summed E-state index contributed by atoms with van der Waals surface area (Å²) in [7, 11) is 1.73. The SMILES string of the molecule is Cc1csc(CCCNC(=O)c2cn(C)nn2)n1. The summed E-state index contributed by atoms with van der Waals surface area (Å²) in [5.41, 5.74) is 1.40. The van der Waals surface area contributed by atoms with Gasteiger partial charge in [0.05, 0.1) is 11.2 Å². The van der Waals surface area contributed by atoms with Crippen LogP contribution in [0.15, 0.2) is 11.6 Å². The molecular formula is C11H15N5OS. The summed E-state index contributed by atoms with van der Waals surface area (Å²) in [6.07, 6.45) is 3.36. The van der Waals surface area contributed by atoms with E-state index in [1.54, 1.807) is 24.6 Å². The van der Waals surface area contributed by atoms with E-state index in [0.29, 0.717) is 12.2 Å². The number of rotatable bonds is 5. The van der Waals surface area contributed by atoms with E-state index in [1.807, 2.05) is 12.3 Å². The minimum absolute atomic E-state index is 0.182. The second-order valence-electron chi connectivity index (χ2n) is 4.02. The number of hydrogen-bond donors (Lipinski definition) is 1. The second-order valence-corrected chi connectivity index (χ2v) is 4.96. The number of thiazole rings is 1. The molecule has 1 N–H and O–H groups in total. The Labute approximate surface area is 109 Å². The van der Waals surface area contributed by atoms with Crippen LogP contribution in [0.1, 0.15) is 27.6 Å². The van der Waals surface area contributed by atoms with Crippen LogP contribution in [0.4, 0.5) is 0 Å². The first kappa shape index (κ1) is 12.7. The van der Waals surface area contributed by atoms with Gasteiger partial charge in [0.1, 0.15) is 0 Å². The monoisotopic (exact) mass is 265 g/mol. The molecule has 0 atom stereocenters. The van der Waals surface area contributed by atoms with Crippen LogP contribution >= 0.6 is 11.3 Å². The van der Waals surface area contributed by atoms with E-state index in [-0.39, 0.29) is 5.91 Å². The average molecular weight is 265 g/mol. The van der Waals surface area contributed by atoms with Crippen LogP contribution in [0.3, 0.4) is 0 Å². The van der Waals surface area contributed by atoms with E-state index in [4.69, 9.17) is 0 Å². The van der Waals surface area contributed by atoms with Gasteiger partial charge in [0.2, 0.25) is 0 Å². The first-order valence-corrected chi connectivity index (χ1v) is 6.58. The average Bonchev–Trinajstić information content (AvgIpc) is 2.93. The molecule has 0 bridgehead atoms. The molecule has 0 aliphatic heterocycles. The number of amides is 1. The van der Waals surface area contributed by atoms with Gasteiger partial charge in [-0.1, -0.05) is 5.21 Å². The Bertz CT molecular complexity index is 533. The van der Waals surface area contributed by atoms with Crippen LogP contribution in [0, 0.1) is 6.92 Å². The lowest BCUT2D eigenvalue weighted by atomic mass is 10.3. The van der Waals surface area contributed by atoms with Crippen molar-refractivity contribution in [3.63, 3.8) is 0 Å². The highest BCUT2D eigenvalue weighted by atomic mass is 32.1. The number of aryl methyl sites for hydroxylation is 3. The summed E-state index contributed by atoms with van der Waals surface area (Å²) in [5, 5.41) is 13.4. The standard InChI is InChI=1S/C11H15N5OS/c1-8-7-18-10(13-8)4-3-5-12-11(17)9-6-16(2)15-14-9/h6-7H,3-5H2,1-2H3,(H,12,17). The van der Waals surface area contributed by atoms with Crippen LogP contribution in [-0.4, -0.2) is 32.4 Å². The molecule has 0 saturated carbocycles. The molecule has 0 aliphatic rings. The zero-order chi connectivity index (χ0) is 13.0. The van der Waals surface area contributed by atoms with E-state index in [2.05, 4.69) is 20.6 Å². The molecule has 1 amide bonds. The van der Waals surface area contributed by atoms with Crippen LogP contribution in [-0.2, 0) is 13.5 Å². The molecule has 2 aromatic heterocycles. The van der Waals surface area contributed by atoms with E-state index in [9.17, 15) is 4.79 Å². The maximum Gasteiger partial charge on any atom is 0.273 e. The lowest BCUT2D eigenvalue weighted by Crippen LogP contribution is -2.25. The lowest BCUT2D eigenvalue weighted by Gasteiger charge is -2.01. The topological polar surface area (TPSA) is 72.7 Å². The summed E-state index contributed by atoms with van der Waals surface area (Å²) < 4.78 is 1.51. The maximum absolute atomic E-state index is 11.6. The number of aromatic nitrogens is 4. The summed E-state index contributed by atoms with van der Waals surface area (Å²) in [6, 6.07) is 0. The molecule has 7 heteroatoms. The normalized spacial score (nSPS) is 10.6. The zero-order valence-corrected chi connectivity index (χ0v) is 11.2. The predicted octanol–water partition coefficient (Wildman–Crippen LogP) is 0.943. The molecule has 0 saturated heterocycles. The fraction of sp³-hybridized carbons (Fsp3) is 0.455. The smallest absolute Gasteiger partial charge is 0.273 e. The van der Waals surface area contributed by atoms with E-state index < -0.39 is 0 Å². The van der Waals surface area contributed by atoms with Gasteiger partial charge in [-0.3, -0.25) is 9.48 Å². The predicted molar refractivity (Wildman–Crippen MR) is 68.5 cm³/mol. The first-order chi connectivity index (χ1) is 8.65. The molecule has 0 radical (unpaired) electrons. The van der Waals surface area contributed by atoms with E-state index >= 15 is 0 Å². The van der Waals surface area contributed by atoms with Gasteiger partial charge < -0.3 is 5.32 Å². The minimum atomic E-state index is -0.182. The van der Waals surface area contributed by atoms with Crippen LogP contribution in [0.5, 0.6) is 0 Å². The molecule has 0 spiro atoms. The van der Waals surface area contributed by atoms with Gasteiger partial charge in [-0.05, 0) is 13.3 Å². The summed E-state index contributed by atoms with van der Waals surface area (Å²) in [6.45, 7) is 2.60. The third-order valence-electron chi connectivity index (χ3n) is 2.35. The number of nitrogens with zero attached hydrogens (tertiary/aromatic N) is 4. The Morgan fingerprint density at radius 1 is 1.56 bits per heavy atom. The van der Waals surface area contributed by atoms with Crippen molar-refractivity contribution in [1.29, 1.82) is 0 Å². The third-order valence-corrected chi connectivity index (χ3v) is 3.38. The molecule has 96 valence electrons. The van der Waals surface area contributed by atoms with E-state index in [1.165, 1.54) is 4.68 Å². The van der Waals surface area contributed by atoms with Gasteiger partial charge in [-0.2, -0.15) is 0 Å². The van der Waals surface area contributed by atoms with Gasteiger partial charge in [-0.15, -0.1) is 16.4 Å². The number of carbonyl (C=O) groups is 1. The molecule has 2 aromatic rings. The second kappa shape index (κ2) is 5.72. The lowest BCUT2D eigenvalue weighted by molar-refractivity contribution is 0.0948. The molecule has 0 fully saturated rings. The Morgan fingerprint density at radius 3 is 3.00 bits per heavy atom. The van der Waals surface area contributed by atoms with Crippen LogP contribution < -0.4 is 5.32 Å².